The highest BCUT2D eigenvalue weighted by molar-refractivity contribution is 7.17. The van der Waals surface area contributed by atoms with E-state index in [1.54, 1.807) is 17.7 Å². The highest BCUT2D eigenvalue weighted by Crippen LogP contribution is 2.37. The molecule has 1 N–H and O–H groups in total. The Morgan fingerprint density at radius 3 is 2.45 bits per heavy atom. The zero-order valence-corrected chi connectivity index (χ0v) is 17.4. The number of hydrogen-bond acceptors (Lipinski definition) is 5. The predicted octanol–water partition coefficient (Wildman–Crippen LogP) is 6.26. The molecule has 0 radical (unpaired) electrons. The van der Waals surface area contributed by atoms with Gasteiger partial charge in [0.05, 0.1) is 5.39 Å². The highest BCUT2D eigenvalue weighted by Gasteiger charge is 2.15. The molecule has 0 spiro atoms. The van der Waals surface area contributed by atoms with E-state index in [2.05, 4.69) is 81.0 Å². The number of fused-ring (bicyclic) bond motifs is 1. The van der Waals surface area contributed by atoms with Crippen LogP contribution in [0.4, 0.5) is 17.2 Å². The lowest BCUT2D eigenvalue weighted by Crippen LogP contribution is -2.17. The maximum atomic E-state index is 4.57. The van der Waals surface area contributed by atoms with Gasteiger partial charge in [-0.2, -0.15) is 0 Å². The first-order valence-corrected chi connectivity index (χ1v) is 11.1. The van der Waals surface area contributed by atoms with Crippen LogP contribution in [0, 0.1) is 0 Å². The number of anilines is 3. The van der Waals surface area contributed by atoms with Crippen molar-refractivity contribution in [2.75, 3.05) is 23.3 Å². The first kappa shape index (κ1) is 18.1. The van der Waals surface area contributed by atoms with E-state index in [4.69, 9.17) is 0 Å². The van der Waals surface area contributed by atoms with Gasteiger partial charge in [-0.15, -0.1) is 11.3 Å². The summed E-state index contributed by atoms with van der Waals surface area (Å²) in [5.41, 5.74) is 6.08. The van der Waals surface area contributed by atoms with Gasteiger partial charge in [0, 0.05) is 35.4 Å². The standard InChI is InChI=1S/C24H24N4S/c1-2-17-5-7-18(8-6-17)21-15-29-24-22(21)23(25-16-26-24)27-19-9-11-20(12-10-19)28-13-3-4-14-28/h5-12,15-16H,2-4,13-14H2,1H3,(H,25,26,27). The van der Waals surface area contributed by atoms with Crippen LogP contribution in [0.15, 0.2) is 60.2 Å². The smallest absolute Gasteiger partial charge is 0.143 e. The van der Waals surface area contributed by atoms with Gasteiger partial charge in [0.1, 0.15) is 17.0 Å². The molecule has 4 aromatic rings. The molecule has 1 saturated heterocycles. The quantitative estimate of drug-likeness (QED) is 0.429. The summed E-state index contributed by atoms with van der Waals surface area (Å²) in [6.45, 7) is 4.50. The normalized spacial score (nSPS) is 13.9. The second kappa shape index (κ2) is 7.84. The summed E-state index contributed by atoms with van der Waals surface area (Å²) in [6, 6.07) is 17.5. The van der Waals surface area contributed by atoms with Gasteiger partial charge in [-0.1, -0.05) is 31.2 Å². The molecular formula is C24H24N4S. The summed E-state index contributed by atoms with van der Waals surface area (Å²) < 4.78 is 0. The molecule has 2 aromatic heterocycles. The zero-order chi connectivity index (χ0) is 19.6. The lowest BCUT2D eigenvalue weighted by atomic mass is 10.0. The van der Waals surface area contributed by atoms with E-state index in [0.29, 0.717) is 0 Å². The maximum Gasteiger partial charge on any atom is 0.143 e. The molecule has 0 bridgehead atoms. The monoisotopic (exact) mass is 400 g/mol. The Kier molecular flexibility index (Phi) is 4.90. The van der Waals surface area contributed by atoms with Crippen LogP contribution in [0.1, 0.15) is 25.3 Å². The van der Waals surface area contributed by atoms with Gasteiger partial charge in [0.15, 0.2) is 0 Å². The summed E-state index contributed by atoms with van der Waals surface area (Å²) in [4.78, 5) is 12.5. The van der Waals surface area contributed by atoms with Gasteiger partial charge in [-0.3, -0.25) is 0 Å². The van der Waals surface area contributed by atoms with Gasteiger partial charge in [0.2, 0.25) is 0 Å². The van der Waals surface area contributed by atoms with E-state index >= 15 is 0 Å². The number of aryl methyl sites for hydroxylation is 1. The van der Waals surface area contributed by atoms with Crippen molar-refractivity contribution < 1.29 is 0 Å². The number of nitrogens with zero attached hydrogens (tertiary/aromatic N) is 3. The zero-order valence-electron chi connectivity index (χ0n) is 16.6. The molecule has 0 amide bonds. The van der Waals surface area contributed by atoms with Crippen LogP contribution in [0.2, 0.25) is 0 Å². The third-order valence-corrected chi connectivity index (χ3v) is 6.53. The molecule has 146 valence electrons. The van der Waals surface area contributed by atoms with E-state index in [1.807, 2.05) is 0 Å². The third kappa shape index (κ3) is 3.58. The van der Waals surface area contributed by atoms with E-state index in [1.165, 1.54) is 35.2 Å². The maximum absolute atomic E-state index is 4.57. The lowest BCUT2D eigenvalue weighted by molar-refractivity contribution is 0.949. The van der Waals surface area contributed by atoms with E-state index in [0.717, 1.165) is 41.2 Å². The Bertz CT molecular complexity index is 1110. The van der Waals surface area contributed by atoms with Crippen LogP contribution in [0.3, 0.4) is 0 Å². The van der Waals surface area contributed by atoms with Crippen LogP contribution in [0.25, 0.3) is 21.3 Å². The number of hydrogen-bond donors (Lipinski definition) is 1. The fraction of sp³-hybridized carbons (Fsp3) is 0.250. The molecule has 5 heteroatoms. The topological polar surface area (TPSA) is 41.1 Å². The first-order chi connectivity index (χ1) is 14.3. The van der Waals surface area contributed by atoms with Crippen molar-refractivity contribution in [3.8, 4) is 11.1 Å². The molecule has 5 rings (SSSR count). The molecule has 0 atom stereocenters. The minimum Gasteiger partial charge on any atom is -0.372 e. The lowest BCUT2D eigenvalue weighted by Gasteiger charge is -2.18. The number of aromatic nitrogens is 2. The average molecular weight is 401 g/mol. The molecular weight excluding hydrogens is 376 g/mol. The van der Waals surface area contributed by atoms with Gasteiger partial charge >= 0.3 is 0 Å². The van der Waals surface area contributed by atoms with Crippen molar-refractivity contribution in [3.63, 3.8) is 0 Å². The van der Waals surface area contributed by atoms with Gasteiger partial charge < -0.3 is 10.2 Å². The Morgan fingerprint density at radius 1 is 0.966 bits per heavy atom. The van der Waals surface area contributed by atoms with E-state index in [9.17, 15) is 0 Å². The average Bonchev–Trinajstić information content (AvgIpc) is 3.45. The number of nitrogens with one attached hydrogen (secondary N) is 1. The molecule has 29 heavy (non-hydrogen) atoms. The van der Waals surface area contributed by atoms with Crippen LogP contribution >= 0.6 is 11.3 Å². The van der Waals surface area contributed by atoms with Crippen LogP contribution in [0.5, 0.6) is 0 Å². The van der Waals surface area contributed by atoms with E-state index in [-0.39, 0.29) is 0 Å². The van der Waals surface area contributed by atoms with Crippen LogP contribution < -0.4 is 10.2 Å². The van der Waals surface area contributed by atoms with Crippen molar-refractivity contribution in [3.05, 3.63) is 65.8 Å². The van der Waals surface area contributed by atoms with Gasteiger partial charge in [-0.05, 0) is 54.7 Å². The summed E-state index contributed by atoms with van der Waals surface area (Å²) in [5, 5.41) is 6.79. The van der Waals surface area contributed by atoms with Gasteiger partial charge in [-0.25, -0.2) is 9.97 Å². The Hall–Kier alpha value is -2.92. The number of benzene rings is 2. The van der Waals surface area contributed by atoms with Gasteiger partial charge in [0.25, 0.3) is 0 Å². The molecule has 2 aromatic carbocycles. The molecule has 0 unspecified atom stereocenters. The van der Waals surface area contributed by atoms with Crippen molar-refractivity contribution in [1.82, 2.24) is 9.97 Å². The van der Waals surface area contributed by atoms with Crippen molar-refractivity contribution >= 4 is 38.7 Å². The molecule has 0 saturated carbocycles. The minimum absolute atomic E-state index is 0.861. The number of thiophene rings is 1. The predicted molar refractivity (Wildman–Crippen MR) is 123 cm³/mol. The molecule has 1 fully saturated rings. The Balaban J connectivity index is 1.47. The molecule has 0 aliphatic carbocycles. The fourth-order valence-corrected chi connectivity index (χ4v) is 4.89. The van der Waals surface area contributed by atoms with Crippen molar-refractivity contribution in [2.45, 2.75) is 26.2 Å². The van der Waals surface area contributed by atoms with Crippen LogP contribution in [-0.4, -0.2) is 23.1 Å². The SMILES string of the molecule is CCc1ccc(-c2csc3ncnc(Nc4ccc(N5CCCC5)cc4)c23)cc1. The summed E-state index contributed by atoms with van der Waals surface area (Å²) in [5.74, 6) is 0.861. The molecule has 4 nitrogen and oxygen atoms in total. The second-order valence-electron chi connectivity index (χ2n) is 7.47. The molecule has 1 aliphatic rings. The minimum atomic E-state index is 0.861. The first-order valence-electron chi connectivity index (χ1n) is 10.3. The van der Waals surface area contributed by atoms with E-state index < -0.39 is 0 Å². The Labute approximate surface area is 175 Å². The highest BCUT2D eigenvalue weighted by atomic mass is 32.1. The third-order valence-electron chi connectivity index (χ3n) is 5.64. The number of rotatable bonds is 5. The van der Waals surface area contributed by atoms with Crippen molar-refractivity contribution in [2.24, 2.45) is 0 Å². The summed E-state index contributed by atoms with van der Waals surface area (Å²) in [7, 11) is 0. The largest absolute Gasteiger partial charge is 0.372 e. The summed E-state index contributed by atoms with van der Waals surface area (Å²) >= 11 is 1.66. The summed E-state index contributed by atoms with van der Waals surface area (Å²) in [6.07, 6.45) is 5.27. The molecule has 1 aliphatic heterocycles. The van der Waals surface area contributed by atoms with Crippen molar-refractivity contribution in [1.29, 1.82) is 0 Å². The molecule has 3 heterocycles. The fourth-order valence-electron chi connectivity index (χ4n) is 3.97. The Morgan fingerprint density at radius 2 is 1.72 bits per heavy atom. The van der Waals surface area contributed by atoms with Crippen LogP contribution in [-0.2, 0) is 6.42 Å². The second-order valence-corrected chi connectivity index (χ2v) is 8.33.